The molecule has 1 amide bonds. The van der Waals surface area contributed by atoms with Gasteiger partial charge in [0.15, 0.2) is 5.76 Å². The lowest BCUT2D eigenvalue weighted by molar-refractivity contribution is -0.117. The van der Waals surface area contributed by atoms with Gasteiger partial charge in [0.1, 0.15) is 5.69 Å². The zero-order valence-corrected chi connectivity index (χ0v) is 13.4. The summed E-state index contributed by atoms with van der Waals surface area (Å²) in [5, 5.41) is 0. The van der Waals surface area contributed by atoms with Crippen LogP contribution in [0.5, 0.6) is 0 Å². The molecule has 2 heterocycles. The number of carbonyl (C=O) groups is 1. The summed E-state index contributed by atoms with van der Waals surface area (Å²) in [6.45, 7) is 5.77. The zero-order valence-electron chi connectivity index (χ0n) is 13.4. The average Bonchev–Trinajstić information content (AvgIpc) is 3.05. The van der Waals surface area contributed by atoms with Crippen LogP contribution in [0.15, 0.2) is 47.4 Å². The summed E-state index contributed by atoms with van der Waals surface area (Å²) < 4.78 is 5.44. The number of nitrogens with two attached hydrogens (primary N) is 1. The molecule has 0 aliphatic rings. The Labute approximate surface area is 135 Å². The number of aromatic nitrogens is 2. The lowest BCUT2D eigenvalue weighted by atomic mass is 10.0. The second-order valence-electron chi connectivity index (χ2n) is 5.20. The van der Waals surface area contributed by atoms with Crippen LogP contribution in [0.3, 0.4) is 0 Å². The first-order valence-corrected chi connectivity index (χ1v) is 7.30. The maximum atomic E-state index is 11.3. The van der Waals surface area contributed by atoms with Gasteiger partial charge in [0.2, 0.25) is 12.4 Å². The number of anilines is 1. The van der Waals surface area contributed by atoms with Gasteiger partial charge >= 0.3 is 0 Å². The number of rotatable bonds is 6. The van der Waals surface area contributed by atoms with Crippen molar-refractivity contribution < 1.29 is 9.21 Å². The molecule has 6 heteroatoms. The van der Waals surface area contributed by atoms with Gasteiger partial charge in [-0.1, -0.05) is 12.2 Å². The van der Waals surface area contributed by atoms with E-state index in [0.717, 1.165) is 17.5 Å². The smallest absolute Gasteiger partial charge is 0.220 e. The molecule has 23 heavy (non-hydrogen) atoms. The number of hydrogen-bond acceptors (Lipinski definition) is 5. The molecule has 0 saturated carbocycles. The minimum absolute atomic E-state index is 0.0366. The van der Waals surface area contributed by atoms with Gasteiger partial charge in [0, 0.05) is 29.6 Å². The first kappa shape index (κ1) is 16.5. The van der Waals surface area contributed by atoms with Crippen molar-refractivity contribution in [3.63, 3.8) is 0 Å². The fourth-order valence-corrected chi connectivity index (χ4v) is 2.05. The van der Waals surface area contributed by atoms with Crippen molar-refractivity contribution in [2.24, 2.45) is 0 Å². The van der Waals surface area contributed by atoms with E-state index < -0.39 is 0 Å². The van der Waals surface area contributed by atoms with Crippen molar-refractivity contribution in [1.82, 2.24) is 14.9 Å². The van der Waals surface area contributed by atoms with Gasteiger partial charge in [-0.3, -0.25) is 4.79 Å². The predicted octanol–water partition coefficient (Wildman–Crippen LogP) is 3.10. The van der Waals surface area contributed by atoms with E-state index in [1.165, 1.54) is 0 Å². The van der Waals surface area contributed by atoms with Crippen LogP contribution in [0.4, 0.5) is 5.95 Å². The largest absolute Gasteiger partial charge is 0.463 e. The Morgan fingerprint density at radius 1 is 1.43 bits per heavy atom. The Hall–Kier alpha value is -2.89. The minimum atomic E-state index is 0.0366. The van der Waals surface area contributed by atoms with E-state index in [1.54, 1.807) is 35.7 Å². The van der Waals surface area contributed by atoms with E-state index in [1.807, 2.05) is 32.9 Å². The third-order valence-electron chi connectivity index (χ3n) is 3.23. The molecule has 0 fully saturated rings. The van der Waals surface area contributed by atoms with E-state index >= 15 is 0 Å². The van der Waals surface area contributed by atoms with Crippen molar-refractivity contribution >= 4 is 17.9 Å². The highest BCUT2D eigenvalue weighted by Crippen LogP contribution is 2.29. The number of nitrogen functional groups attached to an aromatic ring is 1. The highest BCUT2D eigenvalue weighted by atomic mass is 16.3. The van der Waals surface area contributed by atoms with Crippen molar-refractivity contribution in [2.75, 3.05) is 5.73 Å². The fraction of sp³-hybridized carbons (Fsp3) is 0.235. The van der Waals surface area contributed by atoms with Crippen molar-refractivity contribution in [3.05, 3.63) is 48.5 Å². The van der Waals surface area contributed by atoms with Crippen LogP contribution in [-0.4, -0.2) is 27.3 Å². The summed E-state index contributed by atoms with van der Waals surface area (Å²) >= 11 is 0. The van der Waals surface area contributed by atoms with Crippen LogP contribution in [0.2, 0.25) is 0 Å². The van der Waals surface area contributed by atoms with E-state index in [9.17, 15) is 4.79 Å². The Bertz CT molecular complexity index is 718. The molecule has 0 atom stereocenters. The van der Waals surface area contributed by atoms with Gasteiger partial charge in [-0.05, 0) is 32.9 Å². The number of allylic oxidation sites excluding steroid dienone is 3. The molecule has 2 N–H and O–H groups in total. The quantitative estimate of drug-likeness (QED) is 0.654. The molecule has 0 unspecified atom stereocenters. The molecule has 0 aliphatic carbocycles. The van der Waals surface area contributed by atoms with Crippen LogP contribution < -0.4 is 5.73 Å². The van der Waals surface area contributed by atoms with Crippen molar-refractivity contribution in [1.29, 1.82) is 0 Å². The van der Waals surface area contributed by atoms with Crippen LogP contribution in [-0.2, 0) is 4.79 Å². The molecular formula is C17H20N4O2. The highest BCUT2D eigenvalue weighted by molar-refractivity contribution is 5.82. The van der Waals surface area contributed by atoms with Gasteiger partial charge < -0.3 is 15.1 Å². The van der Waals surface area contributed by atoms with Gasteiger partial charge in [0.25, 0.3) is 0 Å². The normalized spacial score (nSPS) is 12.1. The number of furan rings is 1. The fourth-order valence-electron chi connectivity index (χ4n) is 2.05. The molecular weight excluding hydrogens is 292 g/mol. The first-order chi connectivity index (χ1) is 11.1. The average molecular weight is 312 g/mol. The lowest BCUT2D eigenvalue weighted by Crippen LogP contribution is -2.23. The van der Waals surface area contributed by atoms with Gasteiger partial charge in [-0.25, -0.2) is 9.97 Å². The summed E-state index contributed by atoms with van der Waals surface area (Å²) in [6.07, 6.45) is 9.53. The molecule has 0 radical (unpaired) electrons. The summed E-state index contributed by atoms with van der Waals surface area (Å²) in [5.74, 6) is 0.753. The molecule has 0 spiro atoms. The molecule has 120 valence electrons. The van der Waals surface area contributed by atoms with Crippen LogP contribution in [0, 0.1) is 0 Å². The molecule has 2 aromatic rings. The Morgan fingerprint density at radius 3 is 2.78 bits per heavy atom. The molecule has 2 aromatic heterocycles. The van der Waals surface area contributed by atoms with Crippen LogP contribution in [0.1, 0.15) is 26.3 Å². The minimum Gasteiger partial charge on any atom is -0.463 e. The lowest BCUT2D eigenvalue weighted by Gasteiger charge is -2.19. The number of carbonyl (C=O) groups excluding carboxylic acids is 1. The summed E-state index contributed by atoms with van der Waals surface area (Å²) in [7, 11) is 0. The van der Waals surface area contributed by atoms with E-state index in [2.05, 4.69) is 9.97 Å². The SMILES string of the molecule is C/C=C\C(=C/N(C=O)C(C)C)c1cnc(N)nc1-c1ccco1. The van der Waals surface area contributed by atoms with Gasteiger partial charge in [-0.15, -0.1) is 0 Å². The molecule has 0 aromatic carbocycles. The monoisotopic (exact) mass is 312 g/mol. The molecule has 0 aliphatic heterocycles. The second kappa shape index (κ2) is 7.40. The number of hydrogen-bond donors (Lipinski definition) is 1. The molecule has 6 nitrogen and oxygen atoms in total. The highest BCUT2D eigenvalue weighted by Gasteiger charge is 2.15. The maximum Gasteiger partial charge on any atom is 0.220 e. The van der Waals surface area contributed by atoms with Crippen molar-refractivity contribution in [3.8, 4) is 11.5 Å². The third kappa shape index (κ3) is 3.85. The summed E-state index contributed by atoms with van der Waals surface area (Å²) in [4.78, 5) is 21.2. The Balaban J connectivity index is 2.60. The number of nitrogens with zero attached hydrogens (tertiary/aromatic N) is 3. The van der Waals surface area contributed by atoms with E-state index in [4.69, 9.17) is 10.2 Å². The zero-order chi connectivity index (χ0) is 16.8. The molecule has 0 saturated heterocycles. The van der Waals surface area contributed by atoms with E-state index in [-0.39, 0.29) is 12.0 Å². The second-order valence-corrected chi connectivity index (χ2v) is 5.20. The van der Waals surface area contributed by atoms with Gasteiger partial charge in [-0.2, -0.15) is 0 Å². The molecule has 2 rings (SSSR count). The van der Waals surface area contributed by atoms with Crippen molar-refractivity contribution in [2.45, 2.75) is 26.8 Å². The Kier molecular flexibility index (Phi) is 5.30. The predicted molar refractivity (Wildman–Crippen MR) is 90.0 cm³/mol. The first-order valence-electron chi connectivity index (χ1n) is 7.30. The standard InChI is InChI=1S/C17H20N4O2/c1-4-6-13(10-21(11-22)12(2)3)14-9-19-17(18)20-16(14)15-7-5-8-23-15/h4-12H,1-3H3,(H2,18,19,20)/b6-4-,13-10+. The topological polar surface area (TPSA) is 85.2 Å². The maximum absolute atomic E-state index is 11.3. The molecule has 0 bridgehead atoms. The van der Waals surface area contributed by atoms with Gasteiger partial charge in [0.05, 0.1) is 6.26 Å². The Morgan fingerprint density at radius 2 is 2.22 bits per heavy atom. The third-order valence-corrected chi connectivity index (χ3v) is 3.23. The van der Waals surface area contributed by atoms with Crippen LogP contribution >= 0.6 is 0 Å². The number of amides is 1. The summed E-state index contributed by atoms with van der Waals surface area (Å²) in [5.41, 5.74) is 7.83. The summed E-state index contributed by atoms with van der Waals surface area (Å²) in [6, 6.07) is 3.62. The van der Waals surface area contributed by atoms with Crippen LogP contribution in [0.25, 0.3) is 17.0 Å². The van der Waals surface area contributed by atoms with E-state index in [0.29, 0.717) is 11.5 Å².